The molecule has 3 N–H and O–H groups in total. The summed E-state index contributed by atoms with van der Waals surface area (Å²) in [6.07, 6.45) is 3.90. The van der Waals surface area contributed by atoms with Crippen LogP contribution in [0.5, 0.6) is 0 Å². The number of hydrogen-bond acceptors (Lipinski definition) is 5. The molecule has 1 saturated carbocycles. The molecule has 0 radical (unpaired) electrons. The second-order valence-corrected chi connectivity index (χ2v) is 5.62. The smallest absolute Gasteiger partial charge is 0.191 e. The van der Waals surface area contributed by atoms with Crippen molar-refractivity contribution in [3.8, 4) is 0 Å². The molecule has 1 fully saturated rings. The monoisotopic (exact) mass is 256 g/mol. The molecule has 1 heterocycles. The van der Waals surface area contributed by atoms with Crippen LogP contribution in [0.1, 0.15) is 38.4 Å². The van der Waals surface area contributed by atoms with E-state index < -0.39 is 0 Å². The maximum atomic E-state index is 9.83. The molecule has 0 spiro atoms. The highest BCUT2D eigenvalue weighted by atomic mass is 32.2. The molecule has 0 aromatic carbocycles. The Kier molecular flexibility index (Phi) is 4.42. The largest absolute Gasteiger partial charge is 0.392 e. The summed E-state index contributed by atoms with van der Waals surface area (Å²) < 4.78 is 2.08. The normalized spacial score (nSPS) is 24.4. The van der Waals surface area contributed by atoms with E-state index in [1.54, 1.807) is 11.8 Å². The minimum absolute atomic E-state index is 0.201. The summed E-state index contributed by atoms with van der Waals surface area (Å²) >= 11 is 1.65. The molecule has 0 bridgehead atoms. The second-order valence-electron chi connectivity index (χ2n) is 4.41. The zero-order chi connectivity index (χ0) is 12.3. The van der Waals surface area contributed by atoms with Crippen LogP contribution in [-0.2, 0) is 13.1 Å². The highest BCUT2D eigenvalue weighted by Gasteiger charge is 2.28. The van der Waals surface area contributed by atoms with E-state index in [1.165, 1.54) is 0 Å². The Bertz CT molecular complexity index is 368. The van der Waals surface area contributed by atoms with Crippen molar-refractivity contribution < 1.29 is 5.11 Å². The fourth-order valence-corrected chi connectivity index (χ4v) is 3.45. The first-order chi connectivity index (χ1) is 8.26. The van der Waals surface area contributed by atoms with Gasteiger partial charge in [0.25, 0.3) is 0 Å². The van der Waals surface area contributed by atoms with Crippen molar-refractivity contribution in [2.75, 3.05) is 0 Å². The molecule has 1 aliphatic carbocycles. The van der Waals surface area contributed by atoms with E-state index in [0.717, 1.165) is 43.2 Å². The SMILES string of the molecule is CCCn1c(CN)nnc1SC1CCCC1O. The highest BCUT2D eigenvalue weighted by Crippen LogP contribution is 2.34. The molecule has 1 aliphatic rings. The van der Waals surface area contributed by atoms with E-state index in [0.29, 0.717) is 6.54 Å². The van der Waals surface area contributed by atoms with E-state index in [4.69, 9.17) is 5.73 Å². The quantitative estimate of drug-likeness (QED) is 0.826. The summed E-state index contributed by atoms with van der Waals surface area (Å²) in [4.78, 5) is 0. The van der Waals surface area contributed by atoms with E-state index in [-0.39, 0.29) is 11.4 Å². The van der Waals surface area contributed by atoms with Gasteiger partial charge < -0.3 is 15.4 Å². The van der Waals surface area contributed by atoms with E-state index >= 15 is 0 Å². The molecule has 0 amide bonds. The van der Waals surface area contributed by atoms with Gasteiger partial charge in [-0.3, -0.25) is 0 Å². The van der Waals surface area contributed by atoms with Crippen LogP contribution in [-0.4, -0.2) is 31.2 Å². The van der Waals surface area contributed by atoms with Gasteiger partial charge in [-0.05, 0) is 25.7 Å². The zero-order valence-corrected chi connectivity index (χ0v) is 11.0. The minimum Gasteiger partial charge on any atom is -0.392 e. The summed E-state index contributed by atoms with van der Waals surface area (Å²) in [5.74, 6) is 0.835. The summed E-state index contributed by atoms with van der Waals surface area (Å²) in [6.45, 7) is 3.44. The average Bonchev–Trinajstić information content (AvgIpc) is 2.89. The van der Waals surface area contributed by atoms with Crippen LogP contribution >= 0.6 is 11.8 Å². The topological polar surface area (TPSA) is 77.0 Å². The number of hydrogen-bond donors (Lipinski definition) is 2. The first-order valence-electron chi connectivity index (χ1n) is 6.23. The van der Waals surface area contributed by atoms with Crippen LogP contribution in [0.15, 0.2) is 5.16 Å². The van der Waals surface area contributed by atoms with Crippen molar-refractivity contribution in [3.63, 3.8) is 0 Å². The Morgan fingerprint density at radius 3 is 2.88 bits per heavy atom. The summed E-state index contributed by atoms with van der Waals surface area (Å²) in [6, 6.07) is 0. The molecule has 1 aromatic rings. The lowest BCUT2D eigenvalue weighted by Gasteiger charge is -2.14. The fraction of sp³-hybridized carbons (Fsp3) is 0.818. The lowest BCUT2D eigenvalue weighted by molar-refractivity contribution is 0.188. The average molecular weight is 256 g/mol. The van der Waals surface area contributed by atoms with Crippen molar-refractivity contribution in [3.05, 3.63) is 5.82 Å². The van der Waals surface area contributed by atoms with Gasteiger partial charge in [0, 0.05) is 11.8 Å². The number of nitrogens with two attached hydrogens (primary N) is 1. The van der Waals surface area contributed by atoms with Crippen molar-refractivity contribution in [1.82, 2.24) is 14.8 Å². The molecule has 2 unspecified atom stereocenters. The third kappa shape index (κ3) is 2.81. The molecule has 96 valence electrons. The molecular weight excluding hydrogens is 236 g/mol. The van der Waals surface area contributed by atoms with Gasteiger partial charge in [-0.1, -0.05) is 18.7 Å². The third-order valence-electron chi connectivity index (χ3n) is 3.10. The van der Waals surface area contributed by atoms with Gasteiger partial charge in [0.15, 0.2) is 5.16 Å². The first kappa shape index (κ1) is 12.9. The van der Waals surface area contributed by atoms with Crippen LogP contribution in [0.3, 0.4) is 0 Å². The van der Waals surface area contributed by atoms with Gasteiger partial charge in [-0.2, -0.15) is 0 Å². The van der Waals surface area contributed by atoms with Crippen LogP contribution in [0.4, 0.5) is 0 Å². The molecule has 5 nitrogen and oxygen atoms in total. The number of aliphatic hydroxyl groups is 1. The minimum atomic E-state index is -0.201. The van der Waals surface area contributed by atoms with Crippen molar-refractivity contribution >= 4 is 11.8 Å². The Labute approximate surface area is 106 Å². The predicted molar refractivity (Wildman–Crippen MR) is 67.7 cm³/mol. The second kappa shape index (κ2) is 5.84. The number of thioether (sulfide) groups is 1. The lowest BCUT2D eigenvalue weighted by atomic mass is 10.3. The maximum Gasteiger partial charge on any atom is 0.191 e. The Morgan fingerprint density at radius 2 is 2.29 bits per heavy atom. The maximum absolute atomic E-state index is 9.83. The Balaban J connectivity index is 2.11. The van der Waals surface area contributed by atoms with Crippen LogP contribution in [0, 0.1) is 0 Å². The number of rotatable bonds is 5. The molecule has 0 saturated heterocycles. The number of aliphatic hydroxyl groups excluding tert-OH is 1. The molecule has 6 heteroatoms. The summed E-state index contributed by atoms with van der Waals surface area (Å²) in [7, 11) is 0. The van der Waals surface area contributed by atoms with E-state index in [1.807, 2.05) is 0 Å². The van der Waals surface area contributed by atoms with Crippen molar-refractivity contribution in [1.29, 1.82) is 0 Å². The Hall–Kier alpha value is -0.590. The van der Waals surface area contributed by atoms with Gasteiger partial charge in [-0.25, -0.2) is 0 Å². The van der Waals surface area contributed by atoms with Gasteiger partial charge >= 0.3 is 0 Å². The molecule has 2 rings (SSSR count). The molecule has 0 aliphatic heterocycles. The molecule has 17 heavy (non-hydrogen) atoms. The molecule has 2 atom stereocenters. The standard InChI is InChI=1S/C11H20N4OS/c1-2-6-15-10(7-12)13-14-11(15)17-9-5-3-4-8(9)16/h8-9,16H,2-7,12H2,1H3. The fourth-order valence-electron chi connectivity index (χ4n) is 2.18. The van der Waals surface area contributed by atoms with Crippen molar-refractivity contribution in [2.45, 2.75) is 62.2 Å². The summed E-state index contributed by atoms with van der Waals surface area (Å²) in [5, 5.41) is 19.3. The number of aromatic nitrogens is 3. The first-order valence-corrected chi connectivity index (χ1v) is 7.11. The lowest BCUT2D eigenvalue weighted by Crippen LogP contribution is -2.17. The highest BCUT2D eigenvalue weighted by molar-refractivity contribution is 7.99. The van der Waals surface area contributed by atoms with Gasteiger partial charge in [0.2, 0.25) is 0 Å². The Morgan fingerprint density at radius 1 is 1.47 bits per heavy atom. The summed E-state index contributed by atoms with van der Waals surface area (Å²) in [5.41, 5.74) is 5.65. The van der Waals surface area contributed by atoms with E-state index in [9.17, 15) is 5.11 Å². The van der Waals surface area contributed by atoms with Gasteiger partial charge in [0.05, 0.1) is 12.6 Å². The van der Waals surface area contributed by atoms with Crippen LogP contribution < -0.4 is 5.73 Å². The number of nitrogens with zero attached hydrogens (tertiary/aromatic N) is 3. The van der Waals surface area contributed by atoms with Crippen molar-refractivity contribution in [2.24, 2.45) is 5.73 Å². The molecule has 1 aromatic heterocycles. The zero-order valence-electron chi connectivity index (χ0n) is 10.2. The van der Waals surface area contributed by atoms with Gasteiger partial charge in [0.1, 0.15) is 5.82 Å². The van der Waals surface area contributed by atoms with Gasteiger partial charge in [-0.15, -0.1) is 10.2 Å². The predicted octanol–water partition coefficient (Wildman–Crippen LogP) is 1.15. The van der Waals surface area contributed by atoms with Crippen LogP contribution in [0.25, 0.3) is 0 Å². The van der Waals surface area contributed by atoms with E-state index in [2.05, 4.69) is 21.7 Å². The third-order valence-corrected chi connectivity index (χ3v) is 4.46. The molecular formula is C11H20N4OS. The van der Waals surface area contributed by atoms with Crippen LogP contribution in [0.2, 0.25) is 0 Å².